The lowest BCUT2D eigenvalue weighted by Gasteiger charge is -2.13. The summed E-state index contributed by atoms with van der Waals surface area (Å²) in [5, 5.41) is 13.6. The number of fused-ring (bicyclic) bond motifs is 1. The van der Waals surface area contributed by atoms with Crippen molar-refractivity contribution in [3.8, 4) is 11.1 Å². The van der Waals surface area contributed by atoms with Crippen LogP contribution in [-0.2, 0) is 6.54 Å². The molecule has 0 atom stereocenters. The Morgan fingerprint density at radius 1 is 1.06 bits per heavy atom. The zero-order valence-electron chi connectivity index (χ0n) is 18.6. The molecular formula is C27H23N3O4. The Balaban J connectivity index is 1.60. The summed E-state index contributed by atoms with van der Waals surface area (Å²) in [4.78, 5) is 41.8. The number of rotatable bonds is 6. The van der Waals surface area contributed by atoms with Crippen molar-refractivity contribution >= 4 is 22.6 Å². The molecule has 2 N–H and O–H groups in total. The molecule has 0 bridgehead atoms. The van der Waals surface area contributed by atoms with Crippen LogP contribution in [0, 0.1) is 6.92 Å². The van der Waals surface area contributed by atoms with Crippen LogP contribution in [0.3, 0.4) is 0 Å². The number of pyridine rings is 2. The first kappa shape index (κ1) is 21.6. The molecule has 2 aromatic heterocycles. The van der Waals surface area contributed by atoms with E-state index in [0.29, 0.717) is 16.3 Å². The fourth-order valence-corrected chi connectivity index (χ4v) is 4.10. The molecule has 7 heteroatoms. The predicted octanol–water partition coefficient (Wildman–Crippen LogP) is 4.01. The minimum atomic E-state index is -1.11. The van der Waals surface area contributed by atoms with E-state index in [2.05, 4.69) is 10.3 Å². The predicted molar refractivity (Wildman–Crippen MR) is 129 cm³/mol. The summed E-state index contributed by atoms with van der Waals surface area (Å²) in [7, 11) is 0. The highest BCUT2D eigenvalue weighted by atomic mass is 16.4. The molecule has 0 spiro atoms. The van der Waals surface area contributed by atoms with Gasteiger partial charge in [-0.15, -0.1) is 0 Å². The zero-order valence-corrected chi connectivity index (χ0v) is 18.6. The molecule has 0 aliphatic heterocycles. The standard InChI is InChI=1S/C27H23N3O4/c1-16-2-3-19(25(31)29-20-5-6-20)13-22(16)18-4-7-21-23(12-18)24(27(33)34)15-30(26(21)32)14-17-8-10-28-11-9-17/h2-4,7-13,15,20H,5-6,14H2,1H3,(H,29,31)(H,33,34). The maximum Gasteiger partial charge on any atom is 0.337 e. The van der Waals surface area contributed by atoms with E-state index in [1.54, 1.807) is 48.8 Å². The molecule has 170 valence electrons. The molecule has 1 aliphatic carbocycles. The van der Waals surface area contributed by atoms with Crippen molar-refractivity contribution in [2.45, 2.75) is 32.4 Å². The molecule has 1 amide bonds. The smallest absolute Gasteiger partial charge is 0.337 e. The summed E-state index contributed by atoms with van der Waals surface area (Å²) in [5.74, 6) is -1.23. The molecule has 4 aromatic rings. The topological polar surface area (TPSA) is 101 Å². The fraction of sp³-hybridized carbons (Fsp3) is 0.185. The number of carboxylic acids is 1. The largest absolute Gasteiger partial charge is 0.478 e. The van der Waals surface area contributed by atoms with Gasteiger partial charge in [0, 0.05) is 41.0 Å². The van der Waals surface area contributed by atoms with E-state index in [0.717, 1.165) is 35.1 Å². The molecule has 1 fully saturated rings. The zero-order chi connectivity index (χ0) is 23.8. The van der Waals surface area contributed by atoms with Crippen molar-refractivity contribution in [2.24, 2.45) is 0 Å². The lowest BCUT2D eigenvalue weighted by Crippen LogP contribution is -2.25. The number of amides is 1. The highest BCUT2D eigenvalue weighted by molar-refractivity contribution is 6.04. The van der Waals surface area contributed by atoms with Crippen LogP contribution in [0.2, 0.25) is 0 Å². The van der Waals surface area contributed by atoms with Crippen LogP contribution in [0.15, 0.2) is 71.9 Å². The van der Waals surface area contributed by atoms with Gasteiger partial charge >= 0.3 is 5.97 Å². The Bertz CT molecular complexity index is 1490. The number of aromatic carboxylic acids is 1. The van der Waals surface area contributed by atoms with Crippen LogP contribution >= 0.6 is 0 Å². The number of nitrogens with one attached hydrogen (secondary N) is 1. The number of carbonyl (C=O) groups is 2. The van der Waals surface area contributed by atoms with Gasteiger partial charge in [-0.05, 0) is 78.4 Å². The van der Waals surface area contributed by atoms with Gasteiger partial charge in [0.05, 0.1) is 12.1 Å². The first-order valence-corrected chi connectivity index (χ1v) is 11.1. The van der Waals surface area contributed by atoms with Gasteiger partial charge in [0.25, 0.3) is 11.5 Å². The van der Waals surface area contributed by atoms with E-state index in [4.69, 9.17) is 0 Å². The van der Waals surface area contributed by atoms with E-state index in [1.165, 1.54) is 10.8 Å². The summed E-state index contributed by atoms with van der Waals surface area (Å²) >= 11 is 0. The van der Waals surface area contributed by atoms with Crippen molar-refractivity contribution in [1.82, 2.24) is 14.9 Å². The Morgan fingerprint density at radius 2 is 1.82 bits per heavy atom. The van der Waals surface area contributed by atoms with Gasteiger partial charge < -0.3 is 15.0 Å². The van der Waals surface area contributed by atoms with Crippen LogP contribution < -0.4 is 10.9 Å². The SMILES string of the molecule is Cc1ccc(C(=O)NC2CC2)cc1-c1ccc2c(=O)n(Cc3ccncc3)cc(C(=O)O)c2c1. The van der Waals surface area contributed by atoms with Crippen molar-refractivity contribution < 1.29 is 14.7 Å². The van der Waals surface area contributed by atoms with E-state index in [9.17, 15) is 19.5 Å². The van der Waals surface area contributed by atoms with Crippen LogP contribution in [-0.4, -0.2) is 32.6 Å². The van der Waals surface area contributed by atoms with Crippen LogP contribution in [0.1, 0.15) is 44.7 Å². The van der Waals surface area contributed by atoms with E-state index < -0.39 is 5.97 Å². The summed E-state index contributed by atoms with van der Waals surface area (Å²) in [6, 6.07) is 14.5. The number of aromatic nitrogens is 2. The first-order chi connectivity index (χ1) is 16.4. The van der Waals surface area contributed by atoms with Crippen LogP contribution in [0.5, 0.6) is 0 Å². The Hall–Kier alpha value is -4.26. The number of carbonyl (C=O) groups excluding carboxylic acids is 1. The monoisotopic (exact) mass is 453 g/mol. The lowest BCUT2D eigenvalue weighted by atomic mass is 9.95. The number of carboxylic acid groups (broad SMARTS) is 1. The Kier molecular flexibility index (Phi) is 5.45. The average Bonchev–Trinajstić information content (AvgIpc) is 3.65. The number of nitrogens with zero attached hydrogens (tertiary/aromatic N) is 2. The second kappa shape index (κ2) is 8.59. The molecule has 1 aliphatic rings. The molecular weight excluding hydrogens is 430 g/mol. The van der Waals surface area contributed by atoms with Crippen LogP contribution in [0.25, 0.3) is 21.9 Å². The molecule has 2 heterocycles. The molecule has 7 nitrogen and oxygen atoms in total. The highest BCUT2D eigenvalue weighted by Gasteiger charge is 2.24. The van der Waals surface area contributed by atoms with Crippen molar-refractivity contribution in [1.29, 1.82) is 0 Å². The number of aryl methyl sites for hydroxylation is 1. The number of benzene rings is 2. The first-order valence-electron chi connectivity index (χ1n) is 11.1. The van der Waals surface area contributed by atoms with Gasteiger partial charge in [-0.25, -0.2) is 4.79 Å². The van der Waals surface area contributed by atoms with E-state index in [-0.39, 0.29) is 29.6 Å². The van der Waals surface area contributed by atoms with Gasteiger partial charge in [0.15, 0.2) is 0 Å². The van der Waals surface area contributed by atoms with Gasteiger partial charge in [0.1, 0.15) is 0 Å². The molecule has 1 saturated carbocycles. The summed E-state index contributed by atoms with van der Waals surface area (Å²) in [5.41, 5.74) is 3.70. The van der Waals surface area contributed by atoms with E-state index in [1.807, 2.05) is 19.1 Å². The second-order valence-corrected chi connectivity index (χ2v) is 8.67. The summed E-state index contributed by atoms with van der Waals surface area (Å²) in [6.07, 6.45) is 6.67. The molecule has 34 heavy (non-hydrogen) atoms. The molecule has 0 saturated heterocycles. The van der Waals surface area contributed by atoms with Gasteiger partial charge in [-0.1, -0.05) is 12.1 Å². The third-order valence-corrected chi connectivity index (χ3v) is 6.14. The van der Waals surface area contributed by atoms with Crippen molar-refractivity contribution in [3.63, 3.8) is 0 Å². The third-order valence-electron chi connectivity index (χ3n) is 6.14. The van der Waals surface area contributed by atoms with Gasteiger partial charge in [0.2, 0.25) is 0 Å². The quantitative estimate of drug-likeness (QED) is 0.459. The average molecular weight is 453 g/mol. The van der Waals surface area contributed by atoms with Gasteiger partial charge in [-0.3, -0.25) is 14.6 Å². The summed E-state index contributed by atoms with van der Waals surface area (Å²) in [6.45, 7) is 2.18. The van der Waals surface area contributed by atoms with Gasteiger partial charge in [-0.2, -0.15) is 0 Å². The molecule has 0 unspecified atom stereocenters. The lowest BCUT2D eigenvalue weighted by molar-refractivity contribution is 0.0697. The Labute approximate surface area is 195 Å². The number of hydrogen-bond acceptors (Lipinski definition) is 4. The third kappa shape index (κ3) is 4.20. The molecule has 2 aromatic carbocycles. The molecule has 5 rings (SSSR count). The van der Waals surface area contributed by atoms with Crippen molar-refractivity contribution in [3.05, 3.63) is 99.7 Å². The van der Waals surface area contributed by atoms with Crippen LogP contribution in [0.4, 0.5) is 0 Å². The molecule has 0 radical (unpaired) electrons. The highest BCUT2D eigenvalue weighted by Crippen LogP contribution is 2.29. The van der Waals surface area contributed by atoms with E-state index >= 15 is 0 Å². The number of hydrogen-bond donors (Lipinski definition) is 2. The summed E-state index contributed by atoms with van der Waals surface area (Å²) < 4.78 is 1.41. The van der Waals surface area contributed by atoms with Crippen molar-refractivity contribution in [2.75, 3.05) is 0 Å². The fourth-order valence-electron chi connectivity index (χ4n) is 4.10. The minimum absolute atomic E-state index is 0.0470. The minimum Gasteiger partial charge on any atom is -0.478 e. The maximum absolute atomic E-state index is 13.2. The maximum atomic E-state index is 13.2. The second-order valence-electron chi connectivity index (χ2n) is 8.67. The Morgan fingerprint density at radius 3 is 2.53 bits per heavy atom. The normalized spacial score (nSPS) is 13.1.